The number of hydrogen-bond donors (Lipinski definition) is 2. The lowest BCUT2D eigenvalue weighted by molar-refractivity contribution is 0.102. The number of anilines is 2. The van der Waals surface area contributed by atoms with Crippen LogP contribution in [-0.2, 0) is 0 Å². The summed E-state index contributed by atoms with van der Waals surface area (Å²) in [6.45, 7) is 0. The Balaban J connectivity index is 1.73. The Morgan fingerprint density at radius 1 is 1.33 bits per heavy atom. The predicted octanol–water partition coefficient (Wildman–Crippen LogP) is 2.17. The van der Waals surface area contributed by atoms with Gasteiger partial charge in [-0.3, -0.25) is 4.79 Å². The first-order valence-electron chi connectivity index (χ1n) is 6.66. The molecule has 1 saturated carbocycles. The Morgan fingerprint density at radius 2 is 2.19 bits per heavy atom. The van der Waals surface area contributed by atoms with Gasteiger partial charge in [0.25, 0.3) is 5.91 Å². The highest BCUT2D eigenvalue weighted by Crippen LogP contribution is 2.22. The SMILES string of the molecule is N#Cc1cccc(NC(=O)c2ccnc(NC3CC3)n2)c1. The summed E-state index contributed by atoms with van der Waals surface area (Å²) in [5.74, 6) is 0.141. The fourth-order valence-corrected chi connectivity index (χ4v) is 1.83. The molecule has 3 rings (SSSR count). The van der Waals surface area contributed by atoms with Crippen LogP contribution in [-0.4, -0.2) is 21.9 Å². The second-order valence-corrected chi connectivity index (χ2v) is 4.83. The van der Waals surface area contributed by atoms with Gasteiger partial charge in [0.1, 0.15) is 5.69 Å². The molecule has 0 saturated heterocycles. The number of aromatic nitrogens is 2. The third-order valence-corrected chi connectivity index (χ3v) is 3.05. The molecule has 0 aliphatic heterocycles. The van der Waals surface area contributed by atoms with Gasteiger partial charge in [0.15, 0.2) is 0 Å². The van der Waals surface area contributed by atoms with Gasteiger partial charge in [-0.15, -0.1) is 0 Å². The Labute approximate surface area is 121 Å². The Morgan fingerprint density at radius 3 is 2.95 bits per heavy atom. The van der Waals surface area contributed by atoms with Crippen molar-refractivity contribution in [1.82, 2.24) is 9.97 Å². The number of rotatable bonds is 4. The lowest BCUT2D eigenvalue weighted by Crippen LogP contribution is -2.15. The largest absolute Gasteiger partial charge is 0.351 e. The van der Waals surface area contributed by atoms with Gasteiger partial charge in [-0.1, -0.05) is 6.07 Å². The van der Waals surface area contributed by atoms with Crippen molar-refractivity contribution in [1.29, 1.82) is 5.26 Å². The van der Waals surface area contributed by atoms with Crippen molar-refractivity contribution in [2.45, 2.75) is 18.9 Å². The summed E-state index contributed by atoms with van der Waals surface area (Å²) in [5.41, 5.74) is 1.34. The number of hydrogen-bond acceptors (Lipinski definition) is 5. The maximum Gasteiger partial charge on any atom is 0.274 e. The summed E-state index contributed by atoms with van der Waals surface area (Å²) in [4.78, 5) is 20.4. The van der Waals surface area contributed by atoms with E-state index in [0.29, 0.717) is 23.2 Å². The molecule has 1 aromatic heterocycles. The quantitative estimate of drug-likeness (QED) is 0.895. The van der Waals surface area contributed by atoms with E-state index >= 15 is 0 Å². The highest BCUT2D eigenvalue weighted by atomic mass is 16.1. The van der Waals surface area contributed by atoms with Crippen LogP contribution in [0.3, 0.4) is 0 Å². The number of amides is 1. The lowest BCUT2D eigenvalue weighted by Gasteiger charge is -2.06. The van der Waals surface area contributed by atoms with Gasteiger partial charge in [0.05, 0.1) is 11.6 Å². The second kappa shape index (κ2) is 5.59. The average Bonchev–Trinajstić information content (AvgIpc) is 3.31. The van der Waals surface area contributed by atoms with Crippen molar-refractivity contribution in [2.75, 3.05) is 10.6 Å². The first-order chi connectivity index (χ1) is 10.2. The fourth-order valence-electron chi connectivity index (χ4n) is 1.83. The monoisotopic (exact) mass is 279 g/mol. The van der Waals surface area contributed by atoms with Crippen molar-refractivity contribution in [3.8, 4) is 6.07 Å². The van der Waals surface area contributed by atoms with E-state index in [1.807, 2.05) is 6.07 Å². The van der Waals surface area contributed by atoms with E-state index in [1.165, 1.54) is 0 Å². The zero-order chi connectivity index (χ0) is 14.7. The number of nitrogens with zero attached hydrogens (tertiary/aromatic N) is 3. The molecule has 1 aromatic carbocycles. The molecule has 0 atom stereocenters. The molecule has 0 spiro atoms. The predicted molar refractivity (Wildman–Crippen MR) is 77.8 cm³/mol. The van der Waals surface area contributed by atoms with E-state index in [-0.39, 0.29) is 11.6 Å². The Hall–Kier alpha value is -2.94. The Bertz CT molecular complexity index is 718. The zero-order valence-corrected chi connectivity index (χ0v) is 11.2. The number of benzene rings is 1. The number of nitriles is 1. The minimum Gasteiger partial charge on any atom is -0.351 e. The van der Waals surface area contributed by atoms with Crippen LogP contribution in [0.15, 0.2) is 36.5 Å². The summed E-state index contributed by atoms with van der Waals surface area (Å²) in [6.07, 6.45) is 3.78. The molecule has 1 aliphatic carbocycles. The summed E-state index contributed by atoms with van der Waals surface area (Å²) in [5, 5.41) is 14.7. The molecule has 1 amide bonds. The molecular weight excluding hydrogens is 266 g/mol. The van der Waals surface area contributed by atoms with Crippen molar-refractivity contribution in [3.05, 3.63) is 47.8 Å². The van der Waals surface area contributed by atoms with Gasteiger partial charge in [-0.25, -0.2) is 9.97 Å². The van der Waals surface area contributed by atoms with Crippen molar-refractivity contribution in [2.24, 2.45) is 0 Å². The molecule has 1 aliphatic rings. The van der Waals surface area contributed by atoms with E-state index in [9.17, 15) is 4.79 Å². The number of carbonyl (C=O) groups excluding carboxylic acids is 1. The summed E-state index contributed by atoms with van der Waals surface area (Å²) >= 11 is 0. The molecule has 0 unspecified atom stereocenters. The van der Waals surface area contributed by atoms with Crippen molar-refractivity contribution >= 4 is 17.5 Å². The van der Waals surface area contributed by atoms with E-state index in [2.05, 4.69) is 20.6 Å². The highest BCUT2D eigenvalue weighted by Gasteiger charge is 2.22. The van der Waals surface area contributed by atoms with Crippen molar-refractivity contribution in [3.63, 3.8) is 0 Å². The molecule has 21 heavy (non-hydrogen) atoms. The number of carbonyl (C=O) groups is 1. The van der Waals surface area contributed by atoms with E-state index in [1.54, 1.807) is 36.5 Å². The number of nitrogens with one attached hydrogen (secondary N) is 2. The maximum absolute atomic E-state index is 12.2. The van der Waals surface area contributed by atoms with Crippen LogP contribution < -0.4 is 10.6 Å². The molecule has 0 radical (unpaired) electrons. The molecule has 1 heterocycles. The van der Waals surface area contributed by atoms with Crippen LogP contribution in [0.1, 0.15) is 28.9 Å². The topological polar surface area (TPSA) is 90.7 Å². The van der Waals surface area contributed by atoms with Crippen LogP contribution in [0.25, 0.3) is 0 Å². The third kappa shape index (κ3) is 3.34. The minimum atomic E-state index is -0.327. The first-order valence-corrected chi connectivity index (χ1v) is 6.66. The van der Waals surface area contributed by atoms with Gasteiger partial charge in [0.2, 0.25) is 5.95 Å². The molecule has 1 fully saturated rings. The molecule has 6 heteroatoms. The van der Waals surface area contributed by atoms with Crippen LogP contribution in [0.2, 0.25) is 0 Å². The average molecular weight is 279 g/mol. The van der Waals surface area contributed by atoms with E-state index in [4.69, 9.17) is 5.26 Å². The zero-order valence-electron chi connectivity index (χ0n) is 11.2. The fraction of sp³-hybridized carbons (Fsp3) is 0.200. The summed E-state index contributed by atoms with van der Waals surface area (Å²) < 4.78 is 0. The molecule has 2 aromatic rings. The molecule has 6 nitrogen and oxygen atoms in total. The normalized spacial score (nSPS) is 13.3. The second-order valence-electron chi connectivity index (χ2n) is 4.83. The van der Waals surface area contributed by atoms with Gasteiger partial charge in [-0.2, -0.15) is 5.26 Å². The Kier molecular flexibility index (Phi) is 3.48. The smallest absolute Gasteiger partial charge is 0.274 e. The summed E-state index contributed by atoms with van der Waals surface area (Å²) in [6, 6.07) is 10.7. The lowest BCUT2D eigenvalue weighted by atomic mass is 10.2. The van der Waals surface area contributed by atoms with Gasteiger partial charge < -0.3 is 10.6 Å². The third-order valence-electron chi connectivity index (χ3n) is 3.05. The minimum absolute atomic E-state index is 0.288. The van der Waals surface area contributed by atoms with E-state index < -0.39 is 0 Å². The van der Waals surface area contributed by atoms with Crippen LogP contribution in [0.4, 0.5) is 11.6 Å². The van der Waals surface area contributed by atoms with Gasteiger partial charge in [0, 0.05) is 17.9 Å². The first kappa shape index (κ1) is 13.1. The van der Waals surface area contributed by atoms with Gasteiger partial charge >= 0.3 is 0 Å². The van der Waals surface area contributed by atoms with Crippen LogP contribution in [0.5, 0.6) is 0 Å². The van der Waals surface area contributed by atoms with Crippen LogP contribution in [0, 0.1) is 11.3 Å². The molecule has 104 valence electrons. The summed E-state index contributed by atoms with van der Waals surface area (Å²) in [7, 11) is 0. The molecule has 0 bridgehead atoms. The highest BCUT2D eigenvalue weighted by molar-refractivity contribution is 6.03. The molecule has 2 N–H and O–H groups in total. The molecular formula is C15H13N5O. The standard InChI is InChI=1S/C15H13N5O/c16-9-10-2-1-3-12(8-10)18-14(21)13-6-7-17-15(20-13)19-11-4-5-11/h1-3,6-8,11H,4-5H2,(H,18,21)(H,17,19,20). The van der Waals surface area contributed by atoms with Crippen LogP contribution >= 0.6 is 0 Å². The van der Waals surface area contributed by atoms with E-state index in [0.717, 1.165) is 12.8 Å². The maximum atomic E-state index is 12.2. The van der Waals surface area contributed by atoms with Crippen molar-refractivity contribution < 1.29 is 4.79 Å². The van der Waals surface area contributed by atoms with Gasteiger partial charge in [-0.05, 0) is 37.1 Å².